The van der Waals surface area contributed by atoms with Gasteiger partial charge in [-0.3, -0.25) is 9.59 Å². The van der Waals surface area contributed by atoms with Gasteiger partial charge in [0.15, 0.2) is 0 Å². The van der Waals surface area contributed by atoms with Gasteiger partial charge in [-0.1, -0.05) is 43.7 Å². The SMILES string of the molecule is CCCCN1C(=O)C(=O)/C(=C(\O)c2ccc(OC(C)C)c(C)c2)C1c1ccccc1. The van der Waals surface area contributed by atoms with Crippen LogP contribution in [0.4, 0.5) is 0 Å². The van der Waals surface area contributed by atoms with Crippen molar-refractivity contribution >= 4 is 17.4 Å². The van der Waals surface area contributed by atoms with Crippen molar-refractivity contribution in [2.45, 2.75) is 52.7 Å². The lowest BCUT2D eigenvalue weighted by Gasteiger charge is -2.25. The van der Waals surface area contributed by atoms with Gasteiger partial charge in [-0.05, 0) is 56.5 Å². The zero-order valence-corrected chi connectivity index (χ0v) is 18.0. The minimum Gasteiger partial charge on any atom is -0.507 e. The second-order valence-corrected chi connectivity index (χ2v) is 7.90. The van der Waals surface area contributed by atoms with Crippen LogP contribution in [0.5, 0.6) is 5.75 Å². The van der Waals surface area contributed by atoms with E-state index in [0.717, 1.165) is 29.7 Å². The number of carbonyl (C=O) groups excluding carboxylic acids is 2. The van der Waals surface area contributed by atoms with Crippen molar-refractivity contribution in [1.29, 1.82) is 0 Å². The number of likely N-dealkylation sites (tertiary alicyclic amines) is 1. The van der Waals surface area contributed by atoms with E-state index < -0.39 is 17.7 Å². The Bertz CT molecular complexity index is 962. The van der Waals surface area contributed by atoms with Crippen LogP contribution in [0.25, 0.3) is 5.76 Å². The molecule has 5 nitrogen and oxygen atoms in total. The number of unbranched alkanes of at least 4 members (excludes halogenated alkanes) is 1. The van der Waals surface area contributed by atoms with Crippen molar-refractivity contribution in [1.82, 2.24) is 4.90 Å². The summed E-state index contributed by atoms with van der Waals surface area (Å²) in [5.74, 6) is -0.627. The second-order valence-electron chi connectivity index (χ2n) is 7.90. The van der Waals surface area contributed by atoms with E-state index in [1.165, 1.54) is 0 Å². The molecule has 1 aliphatic heterocycles. The first kappa shape index (κ1) is 21.6. The summed E-state index contributed by atoms with van der Waals surface area (Å²) < 4.78 is 5.77. The number of amides is 1. The molecule has 0 aromatic heterocycles. The predicted octanol–water partition coefficient (Wildman–Crippen LogP) is 5.00. The fourth-order valence-corrected chi connectivity index (χ4v) is 3.76. The molecule has 0 saturated carbocycles. The molecule has 0 aliphatic carbocycles. The molecule has 1 fully saturated rings. The minimum absolute atomic E-state index is 0.0325. The average molecular weight is 408 g/mol. The smallest absolute Gasteiger partial charge is 0.295 e. The average Bonchev–Trinajstić information content (AvgIpc) is 2.98. The zero-order valence-electron chi connectivity index (χ0n) is 18.0. The van der Waals surface area contributed by atoms with Crippen molar-refractivity contribution in [2.24, 2.45) is 0 Å². The molecule has 0 radical (unpaired) electrons. The van der Waals surface area contributed by atoms with E-state index in [0.29, 0.717) is 12.1 Å². The van der Waals surface area contributed by atoms with Gasteiger partial charge in [0.05, 0.1) is 17.7 Å². The maximum absolute atomic E-state index is 12.9. The highest BCUT2D eigenvalue weighted by molar-refractivity contribution is 6.46. The number of benzene rings is 2. The van der Waals surface area contributed by atoms with Crippen molar-refractivity contribution in [3.8, 4) is 5.75 Å². The highest BCUT2D eigenvalue weighted by atomic mass is 16.5. The van der Waals surface area contributed by atoms with Crippen LogP contribution in [-0.2, 0) is 9.59 Å². The summed E-state index contributed by atoms with van der Waals surface area (Å²) in [6.45, 7) is 8.30. The molecule has 0 spiro atoms. The van der Waals surface area contributed by atoms with E-state index in [4.69, 9.17) is 4.74 Å². The normalized spacial score (nSPS) is 18.3. The number of aryl methyl sites for hydroxylation is 1. The molecular weight excluding hydrogens is 378 g/mol. The van der Waals surface area contributed by atoms with E-state index in [1.807, 2.05) is 58.0 Å². The number of hydrogen-bond acceptors (Lipinski definition) is 4. The Morgan fingerprint density at radius 1 is 1.13 bits per heavy atom. The highest BCUT2D eigenvalue weighted by Crippen LogP contribution is 2.39. The predicted molar refractivity (Wildman–Crippen MR) is 117 cm³/mol. The molecule has 1 N–H and O–H groups in total. The van der Waals surface area contributed by atoms with Crippen LogP contribution in [0, 0.1) is 6.92 Å². The largest absolute Gasteiger partial charge is 0.507 e. The summed E-state index contributed by atoms with van der Waals surface area (Å²) in [5.41, 5.74) is 2.30. The summed E-state index contributed by atoms with van der Waals surface area (Å²) in [4.78, 5) is 27.3. The first-order valence-electron chi connectivity index (χ1n) is 10.5. The Balaban J connectivity index is 2.10. The molecule has 2 aromatic carbocycles. The Hall–Kier alpha value is -3.08. The van der Waals surface area contributed by atoms with Crippen LogP contribution in [0.2, 0.25) is 0 Å². The third-order valence-electron chi connectivity index (χ3n) is 5.22. The van der Waals surface area contributed by atoms with Crippen LogP contribution in [-0.4, -0.2) is 34.3 Å². The maximum Gasteiger partial charge on any atom is 0.295 e. The van der Waals surface area contributed by atoms with Crippen LogP contribution >= 0.6 is 0 Å². The van der Waals surface area contributed by atoms with Crippen LogP contribution < -0.4 is 4.74 Å². The number of carbonyl (C=O) groups is 2. The van der Waals surface area contributed by atoms with Gasteiger partial charge in [0, 0.05) is 12.1 Å². The monoisotopic (exact) mass is 407 g/mol. The number of rotatable bonds is 7. The van der Waals surface area contributed by atoms with Gasteiger partial charge >= 0.3 is 0 Å². The number of aliphatic hydroxyl groups is 1. The number of ether oxygens (including phenoxy) is 1. The molecule has 5 heteroatoms. The van der Waals surface area contributed by atoms with Crippen molar-refractivity contribution in [3.63, 3.8) is 0 Å². The number of Topliss-reactive ketones (excluding diaryl/α,β-unsaturated/α-hetero) is 1. The van der Waals surface area contributed by atoms with Gasteiger partial charge in [-0.15, -0.1) is 0 Å². The van der Waals surface area contributed by atoms with Gasteiger partial charge in [-0.2, -0.15) is 0 Å². The summed E-state index contributed by atoms with van der Waals surface area (Å²) in [7, 11) is 0. The lowest BCUT2D eigenvalue weighted by Crippen LogP contribution is -2.30. The Morgan fingerprint density at radius 3 is 2.43 bits per heavy atom. The van der Waals surface area contributed by atoms with Gasteiger partial charge in [-0.25, -0.2) is 0 Å². The molecule has 3 rings (SSSR count). The Morgan fingerprint density at radius 2 is 1.83 bits per heavy atom. The molecule has 1 amide bonds. The first-order valence-corrected chi connectivity index (χ1v) is 10.5. The fraction of sp³-hybridized carbons (Fsp3) is 0.360. The van der Waals surface area contributed by atoms with Crippen LogP contribution in [0.3, 0.4) is 0 Å². The number of nitrogens with zero attached hydrogens (tertiary/aromatic N) is 1. The molecule has 1 aliphatic rings. The van der Waals surface area contributed by atoms with Gasteiger partial charge in [0.25, 0.3) is 11.7 Å². The fourth-order valence-electron chi connectivity index (χ4n) is 3.76. The number of ketones is 1. The van der Waals surface area contributed by atoms with Crippen molar-refractivity contribution in [2.75, 3.05) is 6.54 Å². The van der Waals surface area contributed by atoms with E-state index in [-0.39, 0.29) is 17.4 Å². The molecule has 30 heavy (non-hydrogen) atoms. The molecule has 1 unspecified atom stereocenters. The third kappa shape index (κ3) is 4.25. The minimum atomic E-state index is -0.641. The third-order valence-corrected chi connectivity index (χ3v) is 5.22. The number of aliphatic hydroxyl groups excluding tert-OH is 1. The number of hydrogen-bond donors (Lipinski definition) is 1. The molecule has 1 atom stereocenters. The van der Waals surface area contributed by atoms with E-state index >= 15 is 0 Å². The van der Waals surface area contributed by atoms with Crippen LogP contribution in [0.15, 0.2) is 54.1 Å². The molecule has 2 aromatic rings. The van der Waals surface area contributed by atoms with Gasteiger partial charge in [0.2, 0.25) is 0 Å². The van der Waals surface area contributed by atoms with E-state index in [9.17, 15) is 14.7 Å². The summed E-state index contributed by atoms with van der Waals surface area (Å²) in [6.07, 6.45) is 1.72. The highest BCUT2D eigenvalue weighted by Gasteiger charge is 2.45. The first-order chi connectivity index (χ1) is 14.3. The van der Waals surface area contributed by atoms with E-state index in [1.54, 1.807) is 23.1 Å². The van der Waals surface area contributed by atoms with Gasteiger partial charge in [0.1, 0.15) is 11.5 Å². The molecule has 1 saturated heterocycles. The Labute approximate surface area is 178 Å². The molecule has 0 bridgehead atoms. The van der Waals surface area contributed by atoms with Crippen LogP contribution in [0.1, 0.15) is 56.3 Å². The quantitative estimate of drug-likeness (QED) is 0.398. The lowest BCUT2D eigenvalue weighted by atomic mass is 9.94. The summed E-state index contributed by atoms with van der Waals surface area (Å²) >= 11 is 0. The van der Waals surface area contributed by atoms with Crippen molar-refractivity contribution in [3.05, 3.63) is 70.8 Å². The van der Waals surface area contributed by atoms with Gasteiger partial charge < -0.3 is 14.7 Å². The zero-order chi connectivity index (χ0) is 21.8. The summed E-state index contributed by atoms with van der Waals surface area (Å²) in [6, 6.07) is 14.1. The standard InChI is InChI=1S/C25H29NO4/c1-5-6-14-26-22(18-10-8-7-9-11-18)21(24(28)25(26)29)23(27)19-12-13-20(17(4)15-19)30-16(2)3/h7-13,15-16,22,27H,5-6,14H2,1-4H3/b23-21-. The Kier molecular flexibility index (Phi) is 6.60. The molecule has 1 heterocycles. The topological polar surface area (TPSA) is 66.8 Å². The molecule has 158 valence electrons. The van der Waals surface area contributed by atoms with Crippen molar-refractivity contribution < 1.29 is 19.4 Å². The second kappa shape index (κ2) is 9.16. The van der Waals surface area contributed by atoms with E-state index in [2.05, 4.69) is 0 Å². The lowest BCUT2D eigenvalue weighted by molar-refractivity contribution is -0.139. The maximum atomic E-state index is 12.9. The summed E-state index contributed by atoms with van der Waals surface area (Å²) in [5, 5.41) is 11.1. The molecular formula is C25H29NO4.